The topological polar surface area (TPSA) is 0 Å². The molecule has 0 aromatic heterocycles. The lowest BCUT2D eigenvalue weighted by molar-refractivity contribution is 1.47. The van der Waals surface area contributed by atoms with E-state index in [0.717, 1.165) is 0 Å². The minimum Gasteiger partial charge on any atom is -0.0616 e. The van der Waals surface area contributed by atoms with Gasteiger partial charge in [-0.2, -0.15) is 0 Å². The number of hydrogen-bond acceptors (Lipinski definition) is 0. The van der Waals surface area contributed by atoms with Crippen molar-refractivity contribution in [2.24, 2.45) is 0 Å². The minimum atomic E-state index is 1.21. The largest absolute Gasteiger partial charge is 0.0616 e. The monoisotopic (exact) mass is 596 g/mol. The van der Waals surface area contributed by atoms with E-state index in [1.165, 1.54) is 93.2 Å². The molecule has 0 nitrogen and oxygen atoms in total. The van der Waals surface area contributed by atoms with E-state index in [9.17, 15) is 0 Å². The Balaban J connectivity index is 1.26. The van der Waals surface area contributed by atoms with E-state index in [1.54, 1.807) is 0 Å². The van der Waals surface area contributed by atoms with Gasteiger partial charge in [0.15, 0.2) is 0 Å². The zero-order valence-electron chi connectivity index (χ0n) is 26.2. The van der Waals surface area contributed by atoms with Crippen LogP contribution in [0.25, 0.3) is 87.6 Å². The van der Waals surface area contributed by atoms with Crippen LogP contribution in [0.15, 0.2) is 176 Å². The standard InChI is InChI=1S/C47H32/c1-31-18-20-35(21-19-31)46-41-14-6-8-16-43(41)47(44-17-9-7-15-42(44)46)45-30-39(29-38-12-4-5-13-40(38)45)34-24-22-33(23-25-34)37-27-26-32-10-2-3-11-36(32)28-37/h2-30H,1H3. The summed E-state index contributed by atoms with van der Waals surface area (Å²) >= 11 is 0. The van der Waals surface area contributed by atoms with Crippen molar-refractivity contribution >= 4 is 43.1 Å². The molecule has 0 fully saturated rings. The number of aryl methyl sites for hydroxylation is 1. The van der Waals surface area contributed by atoms with Crippen molar-refractivity contribution in [3.05, 3.63) is 181 Å². The van der Waals surface area contributed by atoms with Crippen LogP contribution in [0.5, 0.6) is 0 Å². The molecule has 0 heteroatoms. The van der Waals surface area contributed by atoms with Gasteiger partial charge in [0.2, 0.25) is 0 Å². The van der Waals surface area contributed by atoms with E-state index in [0.29, 0.717) is 0 Å². The van der Waals surface area contributed by atoms with Gasteiger partial charge in [0.05, 0.1) is 0 Å². The highest BCUT2D eigenvalue weighted by atomic mass is 14.2. The number of fused-ring (bicyclic) bond motifs is 4. The van der Waals surface area contributed by atoms with E-state index >= 15 is 0 Å². The van der Waals surface area contributed by atoms with Crippen LogP contribution in [0.3, 0.4) is 0 Å². The molecule has 0 unspecified atom stereocenters. The van der Waals surface area contributed by atoms with Gasteiger partial charge < -0.3 is 0 Å². The van der Waals surface area contributed by atoms with Crippen molar-refractivity contribution in [3.63, 3.8) is 0 Å². The maximum atomic E-state index is 2.41. The van der Waals surface area contributed by atoms with Crippen LogP contribution >= 0.6 is 0 Å². The first-order valence-electron chi connectivity index (χ1n) is 16.3. The predicted octanol–water partition coefficient (Wildman–Crippen LogP) is 13.3. The Hall–Kier alpha value is -5.98. The second kappa shape index (κ2) is 11.1. The highest BCUT2D eigenvalue weighted by molar-refractivity contribution is 6.23. The molecule has 47 heavy (non-hydrogen) atoms. The van der Waals surface area contributed by atoms with Gasteiger partial charge in [-0.1, -0.05) is 163 Å². The van der Waals surface area contributed by atoms with Crippen molar-refractivity contribution in [2.75, 3.05) is 0 Å². The third kappa shape index (κ3) is 4.69. The molecule has 9 rings (SSSR count). The molecule has 0 saturated carbocycles. The van der Waals surface area contributed by atoms with Crippen molar-refractivity contribution in [1.82, 2.24) is 0 Å². The lowest BCUT2D eigenvalue weighted by atomic mass is 9.83. The molecule has 0 spiro atoms. The summed E-state index contributed by atoms with van der Waals surface area (Å²) in [6.45, 7) is 2.15. The third-order valence-corrected chi connectivity index (χ3v) is 9.70. The molecule has 0 aliphatic carbocycles. The molecule has 0 saturated heterocycles. The Morgan fingerprint density at radius 1 is 0.277 bits per heavy atom. The van der Waals surface area contributed by atoms with Gasteiger partial charge in [-0.3, -0.25) is 0 Å². The fourth-order valence-electron chi connectivity index (χ4n) is 7.36. The third-order valence-electron chi connectivity index (χ3n) is 9.70. The number of benzene rings is 9. The second-order valence-electron chi connectivity index (χ2n) is 12.6. The number of rotatable bonds is 4. The molecule has 0 aliphatic rings. The Kier molecular flexibility index (Phi) is 6.47. The van der Waals surface area contributed by atoms with Crippen LogP contribution in [0, 0.1) is 6.92 Å². The van der Waals surface area contributed by atoms with Crippen LogP contribution in [-0.2, 0) is 0 Å². The summed E-state index contributed by atoms with van der Waals surface area (Å²) in [5.41, 5.74) is 11.3. The maximum absolute atomic E-state index is 2.41. The first kappa shape index (κ1) is 27.3. The van der Waals surface area contributed by atoms with Crippen molar-refractivity contribution < 1.29 is 0 Å². The van der Waals surface area contributed by atoms with E-state index < -0.39 is 0 Å². The van der Waals surface area contributed by atoms with Gasteiger partial charge in [-0.15, -0.1) is 0 Å². The normalized spacial score (nSPS) is 11.5. The quantitative estimate of drug-likeness (QED) is 0.177. The van der Waals surface area contributed by atoms with Crippen LogP contribution in [0.1, 0.15) is 5.56 Å². The zero-order valence-corrected chi connectivity index (χ0v) is 26.2. The molecule has 0 aliphatic heterocycles. The molecule has 0 atom stereocenters. The Labute approximate surface area is 275 Å². The number of hydrogen-bond donors (Lipinski definition) is 0. The van der Waals surface area contributed by atoms with E-state index in [1.807, 2.05) is 0 Å². The molecule has 0 bridgehead atoms. The molecule has 0 amide bonds. The molecule has 9 aromatic rings. The first-order chi connectivity index (χ1) is 23.2. The van der Waals surface area contributed by atoms with Gasteiger partial charge in [0, 0.05) is 0 Å². The van der Waals surface area contributed by atoms with Crippen LogP contribution in [-0.4, -0.2) is 0 Å². The Morgan fingerprint density at radius 3 is 1.36 bits per heavy atom. The Bertz CT molecular complexity index is 2550. The Morgan fingerprint density at radius 2 is 0.723 bits per heavy atom. The minimum absolute atomic E-state index is 1.21. The van der Waals surface area contributed by atoms with Gasteiger partial charge >= 0.3 is 0 Å². The zero-order chi connectivity index (χ0) is 31.3. The molecule has 0 radical (unpaired) electrons. The van der Waals surface area contributed by atoms with Gasteiger partial charge in [0.1, 0.15) is 0 Å². The average Bonchev–Trinajstić information content (AvgIpc) is 3.14. The summed E-state index contributed by atoms with van der Waals surface area (Å²) < 4.78 is 0. The van der Waals surface area contributed by atoms with Gasteiger partial charge in [0.25, 0.3) is 0 Å². The summed E-state index contributed by atoms with van der Waals surface area (Å²) in [6.07, 6.45) is 0. The molecule has 9 aromatic carbocycles. The van der Waals surface area contributed by atoms with Gasteiger partial charge in [-0.25, -0.2) is 0 Å². The molecule has 0 N–H and O–H groups in total. The summed E-state index contributed by atoms with van der Waals surface area (Å²) in [4.78, 5) is 0. The fourth-order valence-corrected chi connectivity index (χ4v) is 7.36. The highest BCUT2D eigenvalue weighted by Crippen LogP contribution is 2.46. The van der Waals surface area contributed by atoms with Crippen LogP contribution in [0.4, 0.5) is 0 Å². The first-order valence-corrected chi connectivity index (χ1v) is 16.3. The fraction of sp³-hybridized carbons (Fsp3) is 0.0213. The predicted molar refractivity (Wildman–Crippen MR) is 203 cm³/mol. The smallest absolute Gasteiger partial charge is 0.00199 e. The average molecular weight is 597 g/mol. The van der Waals surface area contributed by atoms with Crippen molar-refractivity contribution in [3.8, 4) is 44.5 Å². The lowest BCUT2D eigenvalue weighted by Crippen LogP contribution is -1.92. The molecule has 220 valence electrons. The van der Waals surface area contributed by atoms with Crippen LogP contribution in [0.2, 0.25) is 0 Å². The van der Waals surface area contributed by atoms with E-state index in [2.05, 4.69) is 183 Å². The maximum Gasteiger partial charge on any atom is -0.00199 e. The SMILES string of the molecule is Cc1ccc(-c2c3ccccc3c(-c3cc(-c4ccc(-c5ccc6ccccc6c5)cc4)cc4ccccc34)c3ccccc23)cc1. The van der Waals surface area contributed by atoms with Crippen molar-refractivity contribution in [2.45, 2.75) is 6.92 Å². The highest BCUT2D eigenvalue weighted by Gasteiger charge is 2.18. The molecule has 0 heterocycles. The lowest BCUT2D eigenvalue weighted by Gasteiger charge is -2.20. The summed E-state index contributed by atoms with van der Waals surface area (Å²) in [5.74, 6) is 0. The second-order valence-corrected chi connectivity index (χ2v) is 12.6. The van der Waals surface area contributed by atoms with E-state index in [-0.39, 0.29) is 0 Å². The molecular formula is C47H32. The summed E-state index contributed by atoms with van der Waals surface area (Å²) in [7, 11) is 0. The van der Waals surface area contributed by atoms with Gasteiger partial charge in [-0.05, 0) is 113 Å². The summed E-state index contributed by atoms with van der Waals surface area (Å²) in [5, 5.41) is 10.1. The van der Waals surface area contributed by atoms with E-state index in [4.69, 9.17) is 0 Å². The summed E-state index contributed by atoms with van der Waals surface area (Å²) in [6, 6.07) is 64.8. The van der Waals surface area contributed by atoms with Crippen LogP contribution < -0.4 is 0 Å². The molecular weight excluding hydrogens is 565 g/mol. The van der Waals surface area contributed by atoms with Crippen molar-refractivity contribution in [1.29, 1.82) is 0 Å².